The summed E-state index contributed by atoms with van der Waals surface area (Å²) >= 11 is 6.93. The van der Waals surface area contributed by atoms with Gasteiger partial charge in [0.25, 0.3) is 0 Å². The van der Waals surface area contributed by atoms with Crippen LogP contribution in [0.1, 0.15) is 12.5 Å². The number of aliphatic carboxylic acids is 1. The zero-order chi connectivity index (χ0) is 11.4. The van der Waals surface area contributed by atoms with E-state index in [9.17, 15) is 9.18 Å². The molecule has 1 aromatic rings. The van der Waals surface area contributed by atoms with Crippen LogP contribution in [0.5, 0.6) is 0 Å². The van der Waals surface area contributed by atoms with Crippen LogP contribution in [-0.2, 0) is 10.5 Å². The lowest BCUT2D eigenvalue weighted by Crippen LogP contribution is -2.11. The Bertz CT molecular complexity index is 350. The van der Waals surface area contributed by atoms with Crippen LogP contribution in [0.25, 0.3) is 0 Å². The molecule has 1 atom stereocenters. The molecule has 15 heavy (non-hydrogen) atoms. The summed E-state index contributed by atoms with van der Waals surface area (Å²) in [6.45, 7) is 1.56. The van der Waals surface area contributed by atoms with Gasteiger partial charge >= 0.3 is 5.97 Å². The van der Waals surface area contributed by atoms with Gasteiger partial charge in [0.05, 0.1) is 5.25 Å². The van der Waals surface area contributed by atoms with Gasteiger partial charge in [-0.05, 0) is 19.1 Å². The predicted octanol–water partition coefficient (Wildman–Crippen LogP) is 3.19. The Hall–Kier alpha value is -0.740. The highest BCUT2D eigenvalue weighted by molar-refractivity contribution is 7.99. The molecule has 0 spiro atoms. The highest BCUT2D eigenvalue weighted by Crippen LogP contribution is 2.25. The van der Waals surface area contributed by atoms with Crippen LogP contribution in [0.2, 0.25) is 5.02 Å². The summed E-state index contributed by atoms with van der Waals surface area (Å²) in [5.74, 6) is -1.04. The second-order valence-electron chi connectivity index (χ2n) is 2.99. The number of thioether (sulfide) groups is 1. The summed E-state index contributed by atoms with van der Waals surface area (Å²) in [5.41, 5.74) is 0.359. The van der Waals surface area contributed by atoms with Crippen molar-refractivity contribution in [2.45, 2.75) is 17.9 Å². The standard InChI is InChI=1S/C10H10ClFO2S/c1-6(10(13)14)15-5-7-8(11)3-2-4-9(7)12/h2-4,6H,5H2,1H3,(H,13,14). The first-order valence-electron chi connectivity index (χ1n) is 4.29. The van der Waals surface area contributed by atoms with Gasteiger partial charge in [0.15, 0.2) is 0 Å². The second kappa shape index (κ2) is 5.37. The molecule has 2 nitrogen and oxygen atoms in total. The molecule has 0 amide bonds. The maximum Gasteiger partial charge on any atom is 0.316 e. The number of rotatable bonds is 4. The van der Waals surface area contributed by atoms with Crippen molar-refractivity contribution in [1.82, 2.24) is 0 Å². The molecule has 0 saturated heterocycles. The summed E-state index contributed by atoms with van der Waals surface area (Å²) in [6, 6.07) is 4.42. The third-order valence-electron chi connectivity index (χ3n) is 1.89. The Morgan fingerprint density at radius 2 is 2.33 bits per heavy atom. The van der Waals surface area contributed by atoms with Gasteiger partial charge in [0.1, 0.15) is 5.82 Å². The Labute approximate surface area is 96.4 Å². The average molecular weight is 249 g/mol. The predicted molar refractivity (Wildman–Crippen MR) is 59.8 cm³/mol. The third-order valence-corrected chi connectivity index (χ3v) is 3.40. The van der Waals surface area contributed by atoms with E-state index < -0.39 is 17.0 Å². The van der Waals surface area contributed by atoms with Crippen molar-refractivity contribution in [2.75, 3.05) is 0 Å². The first kappa shape index (κ1) is 12.3. The molecule has 0 radical (unpaired) electrons. The zero-order valence-corrected chi connectivity index (χ0v) is 9.61. The SMILES string of the molecule is CC(SCc1c(F)cccc1Cl)C(=O)O. The summed E-state index contributed by atoms with van der Waals surface area (Å²) in [6.07, 6.45) is 0. The van der Waals surface area contributed by atoms with E-state index in [0.717, 1.165) is 11.8 Å². The van der Waals surface area contributed by atoms with E-state index in [4.69, 9.17) is 16.7 Å². The zero-order valence-electron chi connectivity index (χ0n) is 8.04. The monoisotopic (exact) mass is 248 g/mol. The second-order valence-corrected chi connectivity index (χ2v) is 4.73. The van der Waals surface area contributed by atoms with E-state index in [1.54, 1.807) is 13.0 Å². The van der Waals surface area contributed by atoms with Crippen molar-refractivity contribution < 1.29 is 14.3 Å². The van der Waals surface area contributed by atoms with Gasteiger partial charge in [-0.3, -0.25) is 4.79 Å². The molecule has 0 aliphatic rings. The first-order chi connectivity index (χ1) is 7.02. The van der Waals surface area contributed by atoms with Crippen molar-refractivity contribution in [3.05, 3.63) is 34.6 Å². The fraction of sp³-hybridized carbons (Fsp3) is 0.300. The van der Waals surface area contributed by atoms with E-state index in [2.05, 4.69) is 0 Å². The van der Waals surface area contributed by atoms with Crippen LogP contribution in [0, 0.1) is 5.82 Å². The maximum absolute atomic E-state index is 13.3. The topological polar surface area (TPSA) is 37.3 Å². The van der Waals surface area contributed by atoms with Crippen molar-refractivity contribution in [2.24, 2.45) is 0 Å². The summed E-state index contributed by atoms with van der Waals surface area (Å²) < 4.78 is 13.3. The largest absolute Gasteiger partial charge is 0.480 e. The summed E-state index contributed by atoms with van der Waals surface area (Å²) in [5, 5.41) is 8.42. The molecule has 1 unspecified atom stereocenters. The number of carbonyl (C=O) groups is 1. The smallest absolute Gasteiger partial charge is 0.316 e. The Morgan fingerprint density at radius 3 is 2.87 bits per heavy atom. The molecule has 0 aromatic heterocycles. The quantitative estimate of drug-likeness (QED) is 0.889. The van der Waals surface area contributed by atoms with E-state index >= 15 is 0 Å². The van der Waals surface area contributed by atoms with Crippen molar-refractivity contribution in [3.8, 4) is 0 Å². The van der Waals surface area contributed by atoms with Crippen LogP contribution in [0.15, 0.2) is 18.2 Å². The van der Waals surface area contributed by atoms with E-state index in [1.165, 1.54) is 12.1 Å². The lowest BCUT2D eigenvalue weighted by atomic mass is 10.2. The van der Waals surface area contributed by atoms with Crippen molar-refractivity contribution >= 4 is 29.3 Å². The van der Waals surface area contributed by atoms with Crippen LogP contribution in [-0.4, -0.2) is 16.3 Å². The van der Waals surface area contributed by atoms with Gasteiger partial charge in [-0.1, -0.05) is 17.7 Å². The number of carboxylic acids is 1. The normalized spacial score (nSPS) is 12.5. The molecule has 0 bridgehead atoms. The summed E-state index contributed by atoms with van der Waals surface area (Å²) in [7, 11) is 0. The molecule has 0 fully saturated rings. The number of halogens is 2. The Kier molecular flexibility index (Phi) is 4.42. The molecule has 82 valence electrons. The van der Waals surface area contributed by atoms with E-state index in [1.807, 2.05) is 0 Å². The molecule has 1 N–H and O–H groups in total. The molecule has 5 heteroatoms. The summed E-state index contributed by atoms with van der Waals surface area (Å²) in [4.78, 5) is 10.5. The fourth-order valence-electron chi connectivity index (χ4n) is 0.950. The molecule has 0 aliphatic heterocycles. The molecular weight excluding hydrogens is 239 g/mol. The Morgan fingerprint density at radius 1 is 1.67 bits per heavy atom. The number of hydrogen-bond donors (Lipinski definition) is 1. The fourth-order valence-corrected chi connectivity index (χ4v) is 2.11. The number of benzene rings is 1. The highest BCUT2D eigenvalue weighted by Gasteiger charge is 2.14. The minimum atomic E-state index is -0.910. The highest BCUT2D eigenvalue weighted by atomic mass is 35.5. The van der Waals surface area contributed by atoms with Crippen LogP contribution in [0.4, 0.5) is 4.39 Å². The van der Waals surface area contributed by atoms with Gasteiger partial charge in [-0.25, -0.2) is 4.39 Å². The van der Waals surface area contributed by atoms with Crippen LogP contribution >= 0.6 is 23.4 Å². The third kappa shape index (κ3) is 3.39. The molecule has 1 rings (SSSR count). The van der Waals surface area contributed by atoms with Gasteiger partial charge in [-0.2, -0.15) is 0 Å². The van der Waals surface area contributed by atoms with Gasteiger partial charge < -0.3 is 5.11 Å². The Balaban J connectivity index is 2.69. The minimum Gasteiger partial charge on any atom is -0.480 e. The lowest BCUT2D eigenvalue weighted by molar-refractivity contribution is -0.136. The van der Waals surface area contributed by atoms with E-state index in [-0.39, 0.29) is 5.75 Å². The van der Waals surface area contributed by atoms with Crippen molar-refractivity contribution in [1.29, 1.82) is 0 Å². The van der Waals surface area contributed by atoms with Crippen LogP contribution < -0.4 is 0 Å². The van der Waals surface area contributed by atoms with Gasteiger partial charge in [0, 0.05) is 16.3 Å². The lowest BCUT2D eigenvalue weighted by Gasteiger charge is -2.08. The first-order valence-corrected chi connectivity index (χ1v) is 5.72. The molecule has 1 aromatic carbocycles. The van der Waals surface area contributed by atoms with Crippen LogP contribution in [0.3, 0.4) is 0 Å². The minimum absolute atomic E-state index is 0.263. The molecule has 0 heterocycles. The molecule has 0 saturated carbocycles. The average Bonchev–Trinajstić information content (AvgIpc) is 2.16. The van der Waals surface area contributed by atoms with Crippen molar-refractivity contribution in [3.63, 3.8) is 0 Å². The van der Waals surface area contributed by atoms with Gasteiger partial charge in [-0.15, -0.1) is 11.8 Å². The van der Waals surface area contributed by atoms with E-state index in [0.29, 0.717) is 10.6 Å². The molecule has 0 aliphatic carbocycles. The molecular formula is C10H10ClFO2S. The van der Waals surface area contributed by atoms with Gasteiger partial charge in [0.2, 0.25) is 0 Å². The number of carboxylic acid groups (broad SMARTS) is 1. The number of hydrogen-bond acceptors (Lipinski definition) is 2. The maximum atomic E-state index is 13.3.